The van der Waals surface area contributed by atoms with Gasteiger partial charge in [-0.1, -0.05) is 0 Å². The number of phosphoric acid groups is 3. The van der Waals surface area contributed by atoms with Gasteiger partial charge in [0.05, 0.1) is 12.0 Å². The molecule has 2 aliphatic rings. The van der Waals surface area contributed by atoms with Crippen LogP contribution in [-0.4, -0.2) is 70.4 Å². The number of carbonyl (C=O) groups excluding carboxylic acids is 1. The number of hydrogen-bond acceptors (Lipinski definition) is 12. The van der Waals surface area contributed by atoms with Crippen LogP contribution >= 0.6 is 23.5 Å². The molecule has 0 aromatic carbocycles. The molecule has 1 amide bonds. The van der Waals surface area contributed by atoms with Gasteiger partial charge >= 0.3 is 23.5 Å². The molecular weight excluding hydrogens is 507 g/mol. The van der Waals surface area contributed by atoms with Gasteiger partial charge in [0.25, 0.3) is 5.56 Å². The maximum atomic E-state index is 12.4. The molecule has 21 heteroatoms. The number of aryl methyl sites for hydroxylation is 1. The topological polar surface area (TPSA) is 276 Å². The molecule has 1 aromatic rings. The van der Waals surface area contributed by atoms with Crippen molar-refractivity contribution in [1.29, 1.82) is 0 Å². The fourth-order valence-electron chi connectivity index (χ4n) is 2.93. The molecule has 0 radical (unpaired) electrons. The van der Waals surface area contributed by atoms with Crippen LogP contribution in [-0.2, 0) is 42.8 Å². The summed E-state index contributed by atoms with van der Waals surface area (Å²) in [7, 11) is -17.2. The molecule has 18 nitrogen and oxygen atoms in total. The van der Waals surface area contributed by atoms with Gasteiger partial charge in [0.2, 0.25) is 5.91 Å². The number of H-pyrrole nitrogens is 1. The molecule has 1 aromatic heterocycles. The number of aliphatic hydroxyl groups excluding tert-OH is 2. The van der Waals surface area contributed by atoms with Gasteiger partial charge < -0.3 is 39.5 Å². The number of fused-ring (bicyclic) bond motifs is 1. The number of ether oxygens (including phenoxy) is 1. The Labute approximate surface area is 176 Å². The summed E-state index contributed by atoms with van der Waals surface area (Å²) in [6, 6.07) is 0. The Morgan fingerprint density at radius 1 is 1.06 bits per heavy atom. The molecule has 0 bridgehead atoms. The van der Waals surface area contributed by atoms with Crippen molar-refractivity contribution < 1.29 is 66.2 Å². The van der Waals surface area contributed by atoms with Gasteiger partial charge in [-0.2, -0.15) is 8.62 Å². The van der Waals surface area contributed by atoms with Crippen molar-refractivity contribution in [3.63, 3.8) is 0 Å². The minimum absolute atomic E-state index is 0.0674. The van der Waals surface area contributed by atoms with E-state index < -0.39 is 66.1 Å². The van der Waals surface area contributed by atoms with Crippen LogP contribution in [0.15, 0.2) is 4.79 Å². The van der Waals surface area contributed by atoms with E-state index in [9.17, 15) is 38.4 Å². The summed E-state index contributed by atoms with van der Waals surface area (Å²) in [6.07, 6.45) is -8.57. The first-order chi connectivity index (χ1) is 14.5. The maximum Gasteiger partial charge on any atom is 0.490 e. The number of carbonyl (C=O) groups is 1. The van der Waals surface area contributed by atoms with Crippen LogP contribution in [0, 0.1) is 6.92 Å². The minimum Gasteiger partial charge on any atom is -0.385 e. The van der Waals surface area contributed by atoms with Crippen molar-refractivity contribution in [2.45, 2.75) is 38.1 Å². The summed E-state index contributed by atoms with van der Waals surface area (Å²) < 4.78 is 50.5. The Morgan fingerprint density at radius 2 is 1.69 bits per heavy atom. The van der Waals surface area contributed by atoms with E-state index in [1.165, 1.54) is 6.92 Å². The molecule has 7 N–H and O–H groups in total. The van der Waals surface area contributed by atoms with Gasteiger partial charge in [0.15, 0.2) is 12.5 Å². The molecule has 0 aliphatic carbocycles. The standard InChI is InChI=1S/C11H16N3O15P3/c1-3-12-8-4(9(18)13-3)2-5(15)14(8)10-6(16)7(17)11(26-10)27-31(22,23)29-32(24,25)28-30(19,20)21/h6-7,10-11,16-17H,2H2,1H3,(H,22,23)(H,24,25)(H,12,13,18)(H2,19,20,21). The van der Waals surface area contributed by atoms with Crippen molar-refractivity contribution in [1.82, 2.24) is 9.97 Å². The molecule has 0 saturated carbocycles. The van der Waals surface area contributed by atoms with Gasteiger partial charge in [0, 0.05) is 0 Å². The third kappa shape index (κ3) is 5.40. The van der Waals surface area contributed by atoms with E-state index >= 15 is 0 Å². The molecule has 3 rings (SSSR count). The van der Waals surface area contributed by atoms with E-state index in [-0.39, 0.29) is 17.2 Å². The molecule has 3 heterocycles. The van der Waals surface area contributed by atoms with Crippen molar-refractivity contribution >= 4 is 35.2 Å². The van der Waals surface area contributed by atoms with Gasteiger partial charge in [-0.15, -0.1) is 0 Å². The first-order valence-corrected chi connectivity index (χ1v) is 12.8. The van der Waals surface area contributed by atoms with Crippen LogP contribution in [0.2, 0.25) is 0 Å². The van der Waals surface area contributed by atoms with Gasteiger partial charge in [-0.3, -0.25) is 19.0 Å². The second-order valence-corrected chi connectivity index (χ2v) is 10.8. The van der Waals surface area contributed by atoms with E-state index in [0.717, 1.165) is 0 Å². The SMILES string of the molecule is Cc1nc2c(c(=O)[nH]1)CC(=O)N2C1OC(OP(=O)(O)OP(=O)(O)OP(=O)(O)O)C(O)C1O. The quantitative estimate of drug-likeness (QED) is 0.185. The Kier molecular flexibility index (Phi) is 6.67. The highest BCUT2D eigenvalue weighted by atomic mass is 31.3. The van der Waals surface area contributed by atoms with E-state index in [4.69, 9.17) is 19.4 Å². The van der Waals surface area contributed by atoms with Crippen LogP contribution in [0.5, 0.6) is 0 Å². The number of amides is 1. The Bertz CT molecular complexity index is 1130. The van der Waals surface area contributed by atoms with Gasteiger partial charge in [-0.25, -0.2) is 18.7 Å². The second kappa shape index (κ2) is 8.45. The molecule has 6 unspecified atom stereocenters. The summed E-state index contributed by atoms with van der Waals surface area (Å²) >= 11 is 0. The molecule has 1 fully saturated rings. The fourth-order valence-corrected chi connectivity index (χ4v) is 6.03. The number of aromatic nitrogens is 2. The highest BCUT2D eigenvalue weighted by molar-refractivity contribution is 7.66. The van der Waals surface area contributed by atoms with E-state index in [2.05, 4.69) is 23.1 Å². The summed E-state index contributed by atoms with van der Waals surface area (Å²) in [4.78, 5) is 67.2. The summed E-state index contributed by atoms with van der Waals surface area (Å²) in [6.45, 7) is 1.40. The Balaban J connectivity index is 1.80. The van der Waals surface area contributed by atoms with Crippen molar-refractivity contribution in [2.24, 2.45) is 0 Å². The highest BCUT2D eigenvalue weighted by Crippen LogP contribution is 2.66. The molecule has 32 heavy (non-hydrogen) atoms. The molecular formula is C11H16N3O15P3. The smallest absolute Gasteiger partial charge is 0.385 e. The molecule has 180 valence electrons. The van der Waals surface area contributed by atoms with Crippen molar-refractivity contribution in [3.8, 4) is 0 Å². The van der Waals surface area contributed by atoms with E-state index in [1.54, 1.807) is 0 Å². The lowest BCUT2D eigenvalue weighted by Gasteiger charge is -2.25. The van der Waals surface area contributed by atoms with Crippen LogP contribution in [0.1, 0.15) is 11.4 Å². The third-order valence-corrected chi connectivity index (χ3v) is 7.84. The number of phosphoric ester groups is 1. The first kappa shape index (κ1) is 25.3. The normalized spacial score (nSPS) is 29.6. The Hall–Kier alpha value is -1.36. The zero-order valence-corrected chi connectivity index (χ0v) is 18.3. The Morgan fingerprint density at radius 3 is 2.28 bits per heavy atom. The van der Waals surface area contributed by atoms with Crippen molar-refractivity contribution in [3.05, 3.63) is 21.7 Å². The largest absolute Gasteiger partial charge is 0.490 e. The van der Waals surface area contributed by atoms with Gasteiger partial charge in [-0.05, 0) is 6.92 Å². The summed E-state index contributed by atoms with van der Waals surface area (Å²) in [5.74, 6) is -0.878. The number of nitrogens with zero attached hydrogens (tertiary/aromatic N) is 2. The lowest BCUT2D eigenvalue weighted by molar-refractivity contribution is -0.130. The number of anilines is 1. The third-order valence-electron chi connectivity index (χ3n) is 4.04. The predicted molar refractivity (Wildman–Crippen MR) is 96.4 cm³/mol. The average molecular weight is 523 g/mol. The molecule has 1 saturated heterocycles. The lowest BCUT2D eigenvalue weighted by Crippen LogP contribution is -2.46. The monoisotopic (exact) mass is 523 g/mol. The van der Waals surface area contributed by atoms with Gasteiger partial charge in [0.1, 0.15) is 23.9 Å². The van der Waals surface area contributed by atoms with Crippen LogP contribution < -0.4 is 10.5 Å². The highest BCUT2D eigenvalue weighted by Gasteiger charge is 2.53. The maximum absolute atomic E-state index is 12.4. The first-order valence-electron chi connectivity index (χ1n) is 8.25. The number of aromatic amines is 1. The van der Waals surface area contributed by atoms with E-state index in [0.29, 0.717) is 4.90 Å². The summed E-state index contributed by atoms with van der Waals surface area (Å²) in [5.41, 5.74) is -0.705. The number of aliphatic hydroxyl groups is 2. The predicted octanol–water partition coefficient (Wildman–Crippen LogP) is -2.29. The average Bonchev–Trinajstić information content (AvgIpc) is 3.02. The lowest BCUT2D eigenvalue weighted by atomic mass is 10.2. The summed E-state index contributed by atoms with van der Waals surface area (Å²) in [5, 5.41) is 20.3. The van der Waals surface area contributed by atoms with Crippen LogP contribution in [0.25, 0.3) is 0 Å². The molecule has 2 aliphatic heterocycles. The number of rotatable bonds is 7. The fraction of sp³-hybridized carbons (Fsp3) is 0.545. The number of nitrogens with one attached hydrogen (secondary N) is 1. The van der Waals surface area contributed by atoms with Crippen LogP contribution in [0.4, 0.5) is 5.82 Å². The zero-order chi connectivity index (χ0) is 24.2. The van der Waals surface area contributed by atoms with Crippen molar-refractivity contribution in [2.75, 3.05) is 4.90 Å². The van der Waals surface area contributed by atoms with Crippen LogP contribution in [0.3, 0.4) is 0 Å². The molecule has 0 spiro atoms. The van der Waals surface area contributed by atoms with E-state index in [1.807, 2.05) is 0 Å². The zero-order valence-electron chi connectivity index (χ0n) is 15.6. The number of hydrogen-bond donors (Lipinski definition) is 7. The molecule has 6 atom stereocenters. The second-order valence-electron chi connectivity index (χ2n) is 6.47. The minimum atomic E-state index is -5.84.